The molecule has 0 saturated heterocycles. The summed E-state index contributed by atoms with van der Waals surface area (Å²) in [6.07, 6.45) is 0. The Hall–Kier alpha value is -3.00. The molecule has 1 aliphatic heterocycles. The molecule has 0 spiro atoms. The maximum atomic E-state index is 12.6. The van der Waals surface area contributed by atoms with Crippen LogP contribution in [-0.2, 0) is 29.8 Å². The van der Waals surface area contributed by atoms with Crippen LogP contribution in [0.5, 0.6) is 0 Å². The van der Waals surface area contributed by atoms with E-state index in [-0.39, 0.29) is 28.7 Å². The molecule has 0 radical (unpaired) electrons. The van der Waals surface area contributed by atoms with E-state index in [1.54, 1.807) is 0 Å². The van der Waals surface area contributed by atoms with Gasteiger partial charge in [0.2, 0.25) is 6.04 Å². The average Bonchev–Trinajstić information content (AvgIpc) is 3.02. The number of nitrogens with zero attached hydrogens (tertiary/aromatic N) is 4. The van der Waals surface area contributed by atoms with Crippen molar-refractivity contribution in [2.24, 2.45) is 15.3 Å². The minimum Gasteiger partial charge on any atom is -0.477 e. The molecule has 0 saturated carbocycles. The summed E-state index contributed by atoms with van der Waals surface area (Å²) in [7, 11) is -8.88. The van der Waals surface area contributed by atoms with E-state index in [9.17, 15) is 31.5 Å². The van der Waals surface area contributed by atoms with Gasteiger partial charge in [-0.05, 0) is 48.5 Å². The predicted molar refractivity (Wildman–Crippen MR) is 109 cm³/mol. The summed E-state index contributed by atoms with van der Waals surface area (Å²) in [6.45, 7) is 0. The van der Waals surface area contributed by atoms with Gasteiger partial charge < -0.3 is 5.11 Å². The van der Waals surface area contributed by atoms with Crippen molar-refractivity contribution < 1.29 is 40.6 Å². The smallest absolute Gasteiger partial charge is 0.477 e. The monoisotopic (exact) mass is 495 g/mol. The maximum absolute atomic E-state index is 12.6. The molecule has 13 nitrogen and oxygen atoms in total. The van der Waals surface area contributed by atoms with Crippen LogP contribution < -0.4 is 5.01 Å². The summed E-state index contributed by atoms with van der Waals surface area (Å²) in [5.74, 6) is -2.44. The topological polar surface area (TPSA) is 203 Å². The van der Waals surface area contributed by atoms with Crippen molar-refractivity contribution in [3.05, 3.63) is 48.5 Å². The predicted octanol–water partition coefficient (Wildman–Crippen LogP) is 0.739. The molecule has 3 rings (SSSR count). The van der Waals surface area contributed by atoms with Crippen molar-refractivity contribution in [3.8, 4) is 0 Å². The number of azo groups is 1. The number of carbonyl (C=O) groups is 2. The van der Waals surface area contributed by atoms with Crippen LogP contribution in [0.4, 0.5) is 11.4 Å². The van der Waals surface area contributed by atoms with Crippen LogP contribution in [0.1, 0.15) is 0 Å². The third kappa shape index (κ3) is 5.43. The number of benzene rings is 2. The number of hydrogen-bond donors (Lipinski definition) is 3. The van der Waals surface area contributed by atoms with Crippen LogP contribution in [0.3, 0.4) is 0 Å². The molecule has 1 aliphatic rings. The molecule has 16 heteroatoms. The fraction of sp³-hybridized carbons (Fsp3) is 0.0625. The van der Waals surface area contributed by atoms with E-state index in [0.717, 1.165) is 36.4 Å². The van der Waals surface area contributed by atoms with E-state index >= 15 is 0 Å². The number of rotatable bonds is 6. The Labute approximate surface area is 191 Å². The Morgan fingerprint density at radius 3 is 1.81 bits per heavy atom. The normalized spacial score (nSPS) is 16.7. The summed E-state index contributed by atoms with van der Waals surface area (Å²) < 4.78 is 62.3. The zero-order valence-electron chi connectivity index (χ0n) is 15.7. The average molecular weight is 495 g/mol. The first-order valence-electron chi connectivity index (χ1n) is 8.09. The summed E-state index contributed by atoms with van der Waals surface area (Å²) in [4.78, 5) is 23.3. The van der Waals surface area contributed by atoms with Gasteiger partial charge in [0, 0.05) is 0 Å². The quantitative estimate of drug-likeness (QED) is 0.293. The standard InChI is InChI=1S/C16H12N4O9S2.Al/c21-15-13(18-17-9-1-5-11(6-2-9)30(24,25)26)14(16(22)23)19-20(15)10-3-7-12(8-4-10)31(27,28)29;/h1-8,13H,(H,22,23)(H,24,25,26)(H,27,28,29);/q;+3. The molecule has 1 amide bonds. The van der Waals surface area contributed by atoms with Crippen LogP contribution in [-0.4, -0.2) is 72.0 Å². The van der Waals surface area contributed by atoms with Crippen molar-refractivity contribution in [2.75, 3.05) is 5.01 Å². The molecular formula is C16H12AlN4O9S2+3. The van der Waals surface area contributed by atoms with Gasteiger partial charge in [0.05, 0.1) is 21.2 Å². The Morgan fingerprint density at radius 2 is 1.38 bits per heavy atom. The van der Waals surface area contributed by atoms with Gasteiger partial charge in [-0.15, -0.1) is 0 Å². The molecule has 3 N–H and O–H groups in total. The fourth-order valence-electron chi connectivity index (χ4n) is 2.46. The fourth-order valence-corrected chi connectivity index (χ4v) is 3.42. The number of amides is 1. The molecule has 162 valence electrons. The first-order valence-corrected chi connectivity index (χ1v) is 11.0. The largest absolute Gasteiger partial charge is 3.00 e. The Morgan fingerprint density at radius 1 is 0.906 bits per heavy atom. The van der Waals surface area contributed by atoms with Crippen molar-refractivity contribution in [1.29, 1.82) is 0 Å². The van der Waals surface area contributed by atoms with E-state index in [0.29, 0.717) is 5.01 Å². The second kappa shape index (κ2) is 9.24. The van der Waals surface area contributed by atoms with E-state index in [4.69, 9.17) is 9.11 Å². The minimum absolute atomic E-state index is 0. The first kappa shape index (κ1) is 25.3. The second-order valence-corrected chi connectivity index (χ2v) is 8.84. The molecule has 2 aromatic carbocycles. The Balaban J connectivity index is 0.00000363. The summed E-state index contributed by atoms with van der Waals surface area (Å²) >= 11 is 0. The molecule has 0 aromatic heterocycles. The number of carbonyl (C=O) groups excluding carboxylic acids is 1. The van der Waals surface area contributed by atoms with Gasteiger partial charge >= 0.3 is 23.3 Å². The first-order chi connectivity index (χ1) is 14.4. The van der Waals surface area contributed by atoms with Crippen LogP contribution in [0.15, 0.2) is 73.7 Å². The zero-order chi connectivity index (χ0) is 23.0. The van der Waals surface area contributed by atoms with E-state index < -0.39 is 53.7 Å². The van der Waals surface area contributed by atoms with Crippen LogP contribution in [0.25, 0.3) is 0 Å². The van der Waals surface area contributed by atoms with Gasteiger partial charge in [0.1, 0.15) is 0 Å². The molecular weight excluding hydrogens is 483 g/mol. The molecule has 32 heavy (non-hydrogen) atoms. The third-order valence-corrected chi connectivity index (χ3v) is 5.67. The number of carboxylic acids is 1. The van der Waals surface area contributed by atoms with Crippen LogP contribution in [0.2, 0.25) is 0 Å². The number of aliphatic carboxylic acids is 1. The second-order valence-electron chi connectivity index (χ2n) is 6.00. The molecule has 1 heterocycles. The third-order valence-electron chi connectivity index (χ3n) is 3.93. The minimum atomic E-state index is -4.46. The van der Waals surface area contributed by atoms with Crippen molar-refractivity contribution >= 4 is 66.6 Å². The zero-order valence-corrected chi connectivity index (χ0v) is 18.5. The summed E-state index contributed by atoms with van der Waals surface area (Å²) in [6, 6.07) is 7.07. The molecule has 0 bridgehead atoms. The summed E-state index contributed by atoms with van der Waals surface area (Å²) in [5, 5.41) is 21.1. The van der Waals surface area contributed by atoms with Gasteiger partial charge in [0.25, 0.3) is 26.1 Å². The molecule has 0 aliphatic carbocycles. The SMILES string of the molecule is O=C(O)C1=NN(c2ccc(S(=O)(=O)O)cc2)C(=O)C1N=Nc1ccc(S(=O)(=O)O)cc1.[Al+3]. The van der Waals surface area contributed by atoms with E-state index in [1.165, 1.54) is 12.1 Å². The number of hydrazone groups is 1. The molecule has 2 aromatic rings. The number of hydrogen-bond acceptors (Lipinski definition) is 9. The Bertz CT molecular complexity index is 1320. The summed E-state index contributed by atoms with van der Waals surface area (Å²) in [5.41, 5.74) is -0.561. The van der Waals surface area contributed by atoms with Gasteiger partial charge in [-0.2, -0.15) is 37.2 Å². The molecule has 1 atom stereocenters. The van der Waals surface area contributed by atoms with Crippen molar-refractivity contribution in [1.82, 2.24) is 0 Å². The number of anilines is 1. The van der Waals surface area contributed by atoms with E-state index in [2.05, 4.69) is 15.3 Å². The van der Waals surface area contributed by atoms with Crippen molar-refractivity contribution in [2.45, 2.75) is 15.8 Å². The Kier molecular flexibility index (Phi) is 7.30. The van der Waals surface area contributed by atoms with Gasteiger partial charge in [-0.1, -0.05) is 0 Å². The van der Waals surface area contributed by atoms with Crippen LogP contribution in [0, 0.1) is 0 Å². The van der Waals surface area contributed by atoms with Crippen molar-refractivity contribution in [3.63, 3.8) is 0 Å². The van der Waals surface area contributed by atoms with Gasteiger partial charge in [-0.3, -0.25) is 13.9 Å². The molecule has 0 fully saturated rings. The van der Waals surface area contributed by atoms with E-state index in [1.807, 2.05) is 0 Å². The maximum Gasteiger partial charge on any atom is 3.00 e. The van der Waals surface area contributed by atoms with Gasteiger partial charge in [-0.25, -0.2) is 4.79 Å². The van der Waals surface area contributed by atoms with Crippen LogP contribution >= 0.6 is 0 Å². The van der Waals surface area contributed by atoms with Gasteiger partial charge in [0.15, 0.2) is 5.71 Å². The number of carboxylic acid groups (broad SMARTS) is 1. The molecule has 1 unspecified atom stereocenters.